The average Bonchev–Trinajstić information content (AvgIpc) is 2.33. The van der Waals surface area contributed by atoms with Crippen LogP contribution in [0.15, 0.2) is 24.3 Å². The van der Waals surface area contributed by atoms with Crippen LogP contribution in [0.3, 0.4) is 0 Å². The number of ether oxygens (including phenoxy) is 1. The van der Waals surface area contributed by atoms with Gasteiger partial charge in [-0.1, -0.05) is 61.7 Å². The second kappa shape index (κ2) is 6.77. The molecule has 0 fully saturated rings. The van der Waals surface area contributed by atoms with E-state index in [1.165, 1.54) is 11.1 Å². The lowest BCUT2D eigenvalue weighted by Gasteiger charge is -2.30. The van der Waals surface area contributed by atoms with E-state index in [4.69, 9.17) is 4.74 Å². The van der Waals surface area contributed by atoms with Gasteiger partial charge < -0.3 is 4.74 Å². The third-order valence-electron chi connectivity index (χ3n) is 2.96. The van der Waals surface area contributed by atoms with Gasteiger partial charge in [0.1, 0.15) is 0 Å². The number of hydrogen-bond donors (Lipinski definition) is 0. The van der Waals surface area contributed by atoms with E-state index < -0.39 is 0 Å². The van der Waals surface area contributed by atoms with E-state index in [0.29, 0.717) is 0 Å². The minimum absolute atomic E-state index is 0.129. The van der Waals surface area contributed by atoms with E-state index in [1.54, 1.807) is 7.11 Å². The minimum Gasteiger partial charge on any atom is -0.385 e. The van der Waals surface area contributed by atoms with Crippen LogP contribution in [0.5, 0.6) is 0 Å². The Kier molecular flexibility index (Phi) is 6.01. The lowest BCUT2D eigenvalue weighted by atomic mass is 9.81. The van der Waals surface area contributed by atoms with Crippen LogP contribution in [0.4, 0.5) is 0 Å². The van der Waals surface area contributed by atoms with Crippen molar-refractivity contribution in [2.75, 3.05) is 24.4 Å². The van der Waals surface area contributed by atoms with Gasteiger partial charge in [-0.2, -0.15) is 0 Å². The van der Waals surface area contributed by atoms with Gasteiger partial charge in [-0.3, -0.25) is 0 Å². The van der Waals surface area contributed by atoms with Gasteiger partial charge in [0.05, 0.1) is 0 Å². The number of methoxy groups -OCH3 is 1. The Morgan fingerprint density at radius 3 is 2.12 bits per heavy atom. The standard InChI is InChI=1S/C13H18Br2O/c1-11-3-5-12(6-4-11)13(9-14,10-15)7-8-16-2/h3-6H,7-10H2,1-2H3. The molecule has 0 amide bonds. The molecule has 3 heteroatoms. The normalized spacial score (nSPS) is 11.8. The molecular formula is C13H18Br2O. The number of hydrogen-bond acceptors (Lipinski definition) is 1. The molecule has 0 N–H and O–H groups in total. The number of halogens is 2. The highest BCUT2D eigenvalue weighted by molar-refractivity contribution is 9.09. The van der Waals surface area contributed by atoms with Crippen LogP contribution in [0, 0.1) is 6.92 Å². The molecule has 0 bridgehead atoms. The Morgan fingerprint density at radius 1 is 1.12 bits per heavy atom. The van der Waals surface area contributed by atoms with Crippen molar-refractivity contribution >= 4 is 31.9 Å². The van der Waals surface area contributed by atoms with Crippen molar-refractivity contribution in [3.8, 4) is 0 Å². The summed E-state index contributed by atoms with van der Waals surface area (Å²) in [7, 11) is 1.75. The lowest BCUT2D eigenvalue weighted by molar-refractivity contribution is 0.177. The van der Waals surface area contributed by atoms with Crippen LogP contribution in [-0.4, -0.2) is 24.4 Å². The van der Waals surface area contributed by atoms with Gasteiger partial charge in [-0.05, 0) is 18.9 Å². The first kappa shape index (κ1) is 14.2. The van der Waals surface area contributed by atoms with Crippen molar-refractivity contribution in [3.05, 3.63) is 35.4 Å². The molecule has 0 saturated heterocycles. The van der Waals surface area contributed by atoms with Crippen LogP contribution in [0.25, 0.3) is 0 Å². The predicted molar refractivity (Wildman–Crippen MR) is 76.9 cm³/mol. The number of benzene rings is 1. The van der Waals surface area contributed by atoms with Crippen molar-refractivity contribution in [1.29, 1.82) is 0 Å². The molecule has 0 aliphatic rings. The second-order valence-corrected chi connectivity index (χ2v) is 5.28. The monoisotopic (exact) mass is 348 g/mol. The third-order valence-corrected chi connectivity index (χ3v) is 5.11. The van der Waals surface area contributed by atoms with Gasteiger partial charge in [-0.25, -0.2) is 0 Å². The molecule has 0 aliphatic heterocycles. The van der Waals surface area contributed by atoms with Crippen LogP contribution < -0.4 is 0 Å². The maximum absolute atomic E-state index is 5.20. The molecule has 1 aromatic carbocycles. The molecule has 0 saturated carbocycles. The minimum atomic E-state index is 0.129. The molecule has 1 aromatic rings. The van der Waals surface area contributed by atoms with Crippen LogP contribution in [-0.2, 0) is 10.2 Å². The van der Waals surface area contributed by atoms with Crippen molar-refractivity contribution in [2.24, 2.45) is 0 Å². The Morgan fingerprint density at radius 2 is 1.69 bits per heavy atom. The third kappa shape index (κ3) is 3.31. The van der Waals surface area contributed by atoms with E-state index in [2.05, 4.69) is 63.0 Å². The molecule has 0 radical (unpaired) electrons. The van der Waals surface area contributed by atoms with E-state index >= 15 is 0 Å². The van der Waals surface area contributed by atoms with Crippen molar-refractivity contribution < 1.29 is 4.74 Å². The molecule has 16 heavy (non-hydrogen) atoms. The number of rotatable bonds is 6. The first-order valence-corrected chi connectivity index (χ1v) is 7.61. The summed E-state index contributed by atoms with van der Waals surface area (Å²) in [6, 6.07) is 8.77. The van der Waals surface area contributed by atoms with E-state index in [-0.39, 0.29) is 5.41 Å². The summed E-state index contributed by atoms with van der Waals surface area (Å²) in [6.07, 6.45) is 1.02. The van der Waals surface area contributed by atoms with Crippen LogP contribution in [0.2, 0.25) is 0 Å². The molecule has 0 aliphatic carbocycles. The fourth-order valence-electron chi connectivity index (χ4n) is 1.67. The fraction of sp³-hybridized carbons (Fsp3) is 0.538. The maximum Gasteiger partial charge on any atom is 0.0471 e. The SMILES string of the molecule is COCCC(CBr)(CBr)c1ccc(C)cc1. The van der Waals surface area contributed by atoms with Gasteiger partial charge in [0.15, 0.2) is 0 Å². The molecule has 0 spiro atoms. The first-order chi connectivity index (χ1) is 7.68. The largest absolute Gasteiger partial charge is 0.385 e. The highest BCUT2D eigenvalue weighted by Crippen LogP contribution is 2.32. The van der Waals surface area contributed by atoms with E-state index in [0.717, 1.165) is 23.7 Å². The predicted octanol–water partition coefficient (Wildman–Crippen LogP) is 4.06. The Labute approximate surface area is 115 Å². The lowest BCUT2D eigenvalue weighted by Crippen LogP contribution is -2.31. The second-order valence-electron chi connectivity index (χ2n) is 4.16. The van der Waals surface area contributed by atoms with Gasteiger partial charge in [0.25, 0.3) is 0 Å². The average molecular weight is 350 g/mol. The van der Waals surface area contributed by atoms with E-state index in [1.807, 2.05) is 0 Å². The fourth-order valence-corrected chi connectivity index (χ4v) is 3.81. The van der Waals surface area contributed by atoms with Crippen molar-refractivity contribution in [2.45, 2.75) is 18.8 Å². The van der Waals surface area contributed by atoms with Gasteiger partial charge >= 0.3 is 0 Å². The topological polar surface area (TPSA) is 9.23 Å². The summed E-state index contributed by atoms with van der Waals surface area (Å²) in [4.78, 5) is 0. The quantitative estimate of drug-likeness (QED) is 0.704. The zero-order chi connectivity index (χ0) is 12.0. The molecule has 90 valence electrons. The van der Waals surface area contributed by atoms with Gasteiger partial charge in [0.2, 0.25) is 0 Å². The first-order valence-electron chi connectivity index (χ1n) is 5.36. The Balaban J connectivity index is 2.95. The molecule has 1 rings (SSSR count). The highest BCUT2D eigenvalue weighted by Gasteiger charge is 2.29. The number of alkyl halides is 2. The van der Waals surface area contributed by atoms with E-state index in [9.17, 15) is 0 Å². The maximum atomic E-state index is 5.20. The van der Waals surface area contributed by atoms with Crippen LogP contribution >= 0.6 is 31.9 Å². The number of aryl methyl sites for hydroxylation is 1. The Bertz CT molecular complexity index is 304. The zero-order valence-electron chi connectivity index (χ0n) is 9.80. The molecule has 0 heterocycles. The summed E-state index contributed by atoms with van der Waals surface area (Å²) in [5, 5.41) is 1.88. The van der Waals surface area contributed by atoms with Crippen molar-refractivity contribution in [1.82, 2.24) is 0 Å². The molecule has 0 aromatic heterocycles. The molecule has 0 atom stereocenters. The smallest absolute Gasteiger partial charge is 0.0471 e. The Hall–Kier alpha value is 0.140. The van der Waals surface area contributed by atoms with Gasteiger partial charge in [0, 0.05) is 29.8 Å². The van der Waals surface area contributed by atoms with Gasteiger partial charge in [-0.15, -0.1) is 0 Å². The molecule has 1 nitrogen and oxygen atoms in total. The molecule has 0 unspecified atom stereocenters. The highest BCUT2D eigenvalue weighted by atomic mass is 79.9. The summed E-state index contributed by atoms with van der Waals surface area (Å²) in [5.41, 5.74) is 2.79. The van der Waals surface area contributed by atoms with Crippen LogP contribution in [0.1, 0.15) is 17.5 Å². The molecular weight excluding hydrogens is 332 g/mol. The summed E-state index contributed by atoms with van der Waals surface area (Å²) in [5.74, 6) is 0. The van der Waals surface area contributed by atoms with Crippen molar-refractivity contribution in [3.63, 3.8) is 0 Å². The summed E-state index contributed by atoms with van der Waals surface area (Å²) in [6.45, 7) is 2.90. The summed E-state index contributed by atoms with van der Waals surface area (Å²) < 4.78 is 5.20. The zero-order valence-corrected chi connectivity index (χ0v) is 13.0. The summed E-state index contributed by atoms with van der Waals surface area (Å²) >= 11 is 7.27.